The molecule has 0 aromatic heterocycles. The van der Waals surface area contributed by atoms with E-state index in [1.807, 2.05) is 24.3 Å². The minimum absolute atomic E-state index is 0.0185. The van der Waals surface area contributed by atoms with Gasteiger partial charge in [-0.2, -0.15) is 5.10 Å². The number of halogens is 1. The van der Waals surface area contributed by atoms with Crippen molar-refractivity contribution in [2.24, 2.45) is 5.10 Å². The van der Waals surface area contributed by atoms with Gasteiger partial charge in [0.25, 0.3) is 0 Å². The molecule has 1 N–H and O–H groups in total. The summed E-state index contributed by atoms with van der Waals surface area (Å²) >= 11 is 5.83. The first-order valence-corrected chi connectivity index (χ1v) is 4.70. The van der Waals surface area contributed by atoms with Crippen LogP contribution in [0.15, 0.2) is 29.4 Å². The number of hydrazone groups is 1. The van der Waals surface area contributed by atoms with Crippen LogP contribution >= 0.6 is 11.6 Å². The van der Waals surface area contributed by atoms with Gasteiger partial charge in [-0.1, -0.05) is 23.7 Å². The second-order valence-corrected chi connectivity index (χ2v) is 3.61. The second-order valence-electron chi connectivity index (χ2n) is 3.18. The van der Waals surface area contributed by atoms with Crippen molar-refractivity contribution in [3.63, 3.8) is 0 Å². The van der Waals surface area contributed by atoms with E-state index in [0.717, 1.165) is 5.56 Å². The number of benzene rings is 1. The number of Topliss-reactive ketones (excluding diaryl/α,β-unsaturated/α-hetero) is 1. The van der Waals surface area contributed by atoms with Gasteiger partial charge in [-0.15, -0.1) is 0 Å². The number of carbonyl (C=O) groups is 1. The average Bonchev–Trinajstić information content (AvgIpc) is 2.52. The fraction of sp³-hybridized carbons (Fsp3) is 0.200. The molecule has 1 atom stereocenters. The highest BCUT2D eigenvalue weighted by Crippen LogP contribution is 2.13. The highest BCUT2D eigenvalue weighted by atomic mass is 35.5. The molecule has 1 aromatic carbocycles. The third-order valence-corrected chi connectivity index (χ3v) is 2.33. The van der Waals surface area contributed by atoms with Crippen molar-refractivity contribution in [3.05, 3.63) is 34.9 Å². The van der Waals surface area contributed by atoms with Gasteiger partial charge in [0.15, 0.2) is 5.78 Å². The van der Waals surface area contributed by atoms with Crippen molar-refractivity contribution in [2.45, 2.75) is 12.5 Å². The van der Waals surface area contributed by atoms with Gasteiger partial charge in [-0.05, 0) is 17.7 Å². The van der Waals surface area contributed by atoms with Gasteiger partial charge in [0.1, 0.15) is 6.04 Å². The number of hydrogen-bond donors (Lipinski definition) is 1. The van der Waals surface area contributed by atoms with E-state index in [0.29, 0.717) is 11.4 Å². The van der Waals surface area contributed by atoms with E-state index in [1.54, 1.807) is 0 Å². The molecule has 4 heteroatoms. The molecule has 0 saturated heterocycles. The maximum absolute atomic E-state index is 11.2. The van der Waals surface area contributed by atoms with Gasteiger partial charge in [-0.25, -0.2) is 0 Å². The lowest BCUT2D eigenvalue weighted by Crippen LogP contribution is -2.29. The Morgan fingerprint density at radius 1 is 1.50 bits per heavy atom. The molecule has 0 radical (unpaired) electrons. The van der Waals surface area contributed by atoms with Crippen LogP contribution in [0.2, 0.25) is 5.02 Å². The normalized spacial score (nSPS) is 19.8. The molecule has 0 saturated carbocycles. The number of nitrogens with zero attached hydrogens (tertiary/aromatic N) is 1. The summed E-state index contributed by atoms with van der Waals surface area (Å²) in [5.41, 5.74) is 3.79. The summed E-state index contributed by atoms with van der Waals surface area (Å²) in [5.74, 6) is 0.0185. The maximum Gasteiger partial charge on any atom is 0.199 e. The lowest BCUT2D eigenvalue weighted by molar-refractivity contribution is -0.113. The zero-order chi connectivity index (χ0) is 9.97. The van der Waals surface area contributed by atoms with E-state index >= 15 is 0 Å². The number of hydrogen-bond acceptors (Lipinski definition) is 3. The quantitative estimate of drug-likeness (QED) is 0.799. The zero-order valence-electron chi connectivity index (χ0n) is 7.40. The van der Waals surface area contributed by atoms with Crippen molar-refractivity contribution < 1.29 is 4.79 Å². The van der Waals surface area contributed by atoms with Crippen LogP contribution < -0.4 is 5.43 Å². The smallest absolute Gasteiger partial charge is 0.199 e. The van der Waals surface area contributed by atoms with E-state index in [9.17, 15) is 4.79 Å². The maximum atomic E-state index is 11.2. The van der Waals surface area contributed by atoms with Gasteiger partial charge < -0.3 is 0 Å². The van der Waals surface area contributed by atoms with Crippen LogP contribution in [0.5, 0.6) is 0 Å². The van der Waals surface area contributed by atoms with E-state index < -0.39 is 0 Å². The summed E-state index contributed by atoms with van der Waals surface area (Å²) in [6.07, 6.45) is 1.94. The van der Waals surface area contributed by atoms with E-state index in [1.165, 1.54) is 6.21 Å². The fourth-order valence-electron chi connectivity index (χ4n) is 1.39. The van der Waals surface area contributed by atoms with Crippen LogP contribution in [0.25, 0.3) is 0 Å². The Morgan fingerprint density at radius 3 is 3.00 bits per heavy atom. The van der Waals surface area contributed by atoms with Crippen LogP contribution in [0, 0.1) is 0 Å². The molecule has 3 nitrogen and oxygen atoms in total. The highest BCUT2D eigenvalue weighted by Gasteiger charge is 2.20. The third-order valence-electron chi connectivity index (χ3n) is 2.09. The molecule has 0 fully saturated rings. The molecular formula is C10H9ClN2O. The molecule has 2 rings (SSSR count). The average molecular weight is 209 g/mol. The van der Waals surface area contributed by atoms with Gasteiger partial charge in [-0.3, -0.25) is 10.2 Å². The van der Waals surface area contributed by atoms with Crippen LogP contribution in [0.1, 0.15) is 5.56 Å². The molecule has 1 heterocycles. The fourth-order valence-corrected chi connectivity index (χ4v) is 1.60. The Labute approximate surface area is 86.8 Å². The topological polar surface area (TPSA) is 41.5 Å². The van der Waals surface area contributed by atoms with Crippen LogP contribution in [0.4, 0.5) is 0 Å². The lowest BCUT2D eigenvalue weighted by atomic mass is 10.0. The van der Waals surface area contributed by atoms with Gasteiger partial charge in [0.05, 0.1) is 6.21 Å². The largest absolute Gasteiger partial charge is 0.299 e. The molecule has 0 aliphatic carbocycles. The molecule has 1 aromatic rings. The SMILES string of the molecule is O=C1C=NNC1Cc1cccc(Cl)c1. The van der Waals surface area contributed by atoms with Crippen molar-refractivity contribution in [2.75, 3.05) is 0 Å². The van der Waals surface area contributed by atoms with Crippen molar-refractivity contribution >= 4 is 23.6 Å². The number of ketones is 1. The summed E-state index contributed by atoms with van der Waals surface area (Å²) in [4.78, 5) is 11.2. The molecule has 0 bridgehead atoms. The van der Waals surface area contributed by atoms with E-state index in [-0.39, 0.29) is 11.8 Å². The van der Waals surface area contributed by atoms with E-state index in [4.69, 9.17) is 11.6 Å². The van der Waals surface area contributed by atoms with Crippen LogP contribution in [-0.4, -0.2) is 18.0 Å². The predicted molar refractivity (Wildman–Crippen MR) is 55.6 cm³/mol. The first kappa shape index (κ1) is 9.21. The van der Waals surface area contributed by atoms with Gasteiger partial charge in [0, 0.05) is 11.4 Å². The second kappa shape index (κ2) is 3.80. The Bertz CT molecular complexity index is 389. The number of carbonyl (C=O) groups excluding carboxylic acids is 1. The summed E-state index contributed by atoms with van der Waals surface area (Å²) < 4.78 is 0. The number of nitrogens with one attached hydrogen (secondary N) is 1. The zero-order valence-corrected chi connectivity index (χ0v) is 8.16. The Morgan fingerprint density at radius 2 is 2.36 bits per heavy atom. The summed E-state index contributed by atoms with van der Waals surface area (Å²) in [5, 5.41) is 4.40. The van der Waals surface area contributed by atoms with Crippen molar-refractivity contribution in [3.8, 4) is 0 Å². The minimum Gasteiger partial charge on any atom is -0.299 e. The van der Waals surface area contributed by atoms with Crippen LogP contribution in [-0.2, 0) is 11.2 Å². The molecule has 0 spiro atoms. The van der Waals surface area contributed by atoms with Crippen molar-refractivity contribution in [1.29, 1.82) is 0 Å². The first-order chi connectivity index (χ1) is 6.75. The molecule has 1 aliphatic rings. The Kier molecular flexibility index (Phi) is 2.50. The van der Waals surface area contributed by atoms with Gasteiger partial charge >= 0.3 is 0 Å². The molecule has 0 amide bonds. The van der Waals surface area contributed by atoms with Crippen LogP contribution in [0.3, 0.4) is 0 Å². The summed E-state index contributed by atoms with van der Waals surface area (Å²) in [7, 11) is 0. The minimum atomic E-state index is -0.228. The Balaban J connectivity index is 2.08. The van der Waals surface area contributed by atoms with Crippen molar-refractivity contribution in [1.82, 2.24) is 5.43 Å². The Hall–Kier alpha value is -1.35. The molecule has 72 valence electrons. The summed E-state index contributed by atoms with van der Waals surface area (Å²) in [6.45, 7) is 0. The van der Waals surface area contributed by atoms with E-state index in [2.05, 4.69) is 10.5 Å². The van der Waals surface area contributed by atoms with Gasteiger partial charge in [0.2, 0.25) is 0 Å². The standard InChI is InChI=1S/C10H9ClN2O/c11-8-3-1-2-7(4-8)5-9-10(14)6-12-13-9/h1-4,6,9,13H,5H2. The molecular weight excluding hydrogens is 200 g/mol. The molecule has 14 heavy (non-hydrogen) atoms. The monoisotopic (exact) mass is 208 g/mol. The first-order valence-electron chi connectivity index (χ1n) is 4.32. The summed E-state index contributed by atoms with van der Waals surface area (Å²) in [6, 6.07) is 7.26. The molecule has 1 aliphatic heterocycles. The predicted octanol–water partition coefficient (Wildman–Crippen LogP) is 1.41. The highest BCUT2D eigenvalue weighted by molar-refractivity contribution is 6.31. The third kappa shape index (κ3) is 1.93. The number of rotatable bonds is 2. The lowest BCUT2D eigenvalue weighted by Gasteiger charge is -2.07. The molecule has 1 unspecified atom stereocenters.